The Kier molecular flexibility index (Phi) is 4.21. The zero-order chi connectivity index (χ0) is 13.8. The molecule has 0 radical (unpaired) electrons. The van der Waals surface area contributed by atoms with Crippen LogP contribution in [0.15, 0.2) is 24.3 Å². The topological polar surface area (TPSA) is 38.8 Å². The van der Waals surface area contributed by atoms with Gasteiger partial charge in [0.15, 0.2) is 0 Å². The number of hydrogen-bond donors (Lipinski definition) is 0. The van der Waals surface area contributed by atoms with Crippen LogP contribution in [0.25, 0.3) is 0 Å². The Hall–Kier alpha value is -1.55. The van der Waals surface area contributed by atoms with Crippen LogP contribution in [-0.2, 0) is 4.74 Å². The molecule has 1 aromatic carbocycles. The van der Waals surface area contributed by atoms with Gasteiger partial charge in [0.2, 0.25) is 0 Å². The lowest BCUT2D eigenvalue weighted by Crippen LogP contribution is -2.27. The van der Waals surface area contributed by atoms with Crippen molar-refractivity contribution < 1.29 is 14.3 Å². The van der Waals surface area contributed by atoms with E-state index in [0.717, 1.165) is 56.7 Å². The summed E-state index contributed by atoms with van der Waals surface area (Å²) in [6, 6.07) is 7.49. The van der Waals surface area contributed by atoms with Crippen LogP contribution in [0.2, 0.25) is 0 Å². The maximum absolute atomic E-state index is 12.3. The number of benzene rings is 1. The van der Waals surface area contributed by atoms with Crippen molar-refractivity contribution in [3.8, 4) is 5.75 Å². The van der Waals surface area contributed by atoms with Gasteiger partial charge >= 0.3 is 0 Å². The molecular weight excluding hydrogens is 254 g/mol. The molecule has 2 fully saturated rings. The highest BCUT2D eigenvalue weighted by Gasteiger charge is 2.20. The first kappa shape index (κ1) is 13.4. The SMILES string of the molecule is O=C(c1cccc(OCC2CCCO2)c1)N1CCCC1. The first-order valence-corrected chi connectivity index (χ1v) is 7.47. The Morgan fingerprint density at radius 2 is 2.15 bits per heavy atom. The number of carbonyl (C=O) groups excluding carboxylic acids is 1. The molecule has 0 saturated carbocycles. The normalized spacial score (nSPS) is 22.2. The lowest BCUT2D eigenvalue weighted by atomic mass is 10.2. The van der Waals surface area contributed by atoms with Crippen molar-refractivity contribution in [1.29, 1.82) is 0 Å². The van der Waals surface area contributed by atoms with Gasteiger partial charge in [0.1, 0.15) is 12.4 Å². The van der Waals surface area contributed by atoms with E-state index in [-0.39, 0.29) is 12.0 Å². The van der Waals surface area contributed by atoms with E-state index in [1.165, 1.54) is 0 Å². The van der Waals surface area contributed by atoms with Gasteiger partial charge in [-0.15, -0.1) is 0 Å². The van der Waals surface area contributed by atoms with E-state index in [4.69, 9.17) is 9.47 Å². The summed E-state index contributed by atoms with van der Waals surface area (Å²) in [5.74, 6) is 0.871. The average Bonchev–Trinajstić information content (AvgIpc) is 3.18. The predicted octanol–water partition coefficient (Wildman–Crippen LogP) is 2.48. The Bertz CT molecular complexity index is 463. The minimum Gasteiger partial charge on any atom is -0.491 e. The molecule has 1 unspecified atom stereocenters. The van der Waals surface area contributed by atoms with Gasteiger partial charge in [-0.1, -0.05) is 6.07 Å². The van der Waals surface area contributed by atoms with Crippen molar-refractivity contribution >= 4 is 5.91 Å². The first-order chi connectivity index (χ1) is 9.83. The van der Waals surface area contributed by atoms with Crippen molar-refractivity contribution in [2.75, 3.05) is 26.3 Å². The second-order valence-corrected chi connectivity index (χ2v) is 5.47. The second-order valence-electron chi connectivity index (χ2n) is 5.47. The van der Waals surface area contributed by atoms with Gasteiger partial charge in [0.05, 0.1) is 6.10 Å². The molecule has 2 saturated heterocycles. The zero-order valence-electron chi connectivity index (χ0n) is 11.7. The summed E-state index contributed by atoms with van der Waals surface area (Å²) in [6.07, 6.45) is 4.60. The second kappa shape index (κ2) is 6.27. The number of rotatable bonds is 4. The Morgan fingerprint density at radius 3 is 2.90 bits per heavy atom. The number of likely N-dealkylation sites (tertiary alicyclic amines) is 1. The van der Waals surface area contributed by atoms with Crippen LogP contribution in [0.4, 0.5) is 0 Å². The van der Waals surface area contributed by atoms with Gasteiger partial charge in [0, 0.05) is 25.3 Å². The summed E-state index contributed by atoms with van der Waals surface area (Å²) < 4.78 is 11.3. The summed E-state index contributed by atoms with van der Waals surface area (Å²) in [4.78, 5) is 14.2. The Morgan fingerprint density at radius 1 is 1.30 bits per heavy atom. The summed E-state index contributed by atoms with van der Waals surface area (Å²) in [5, 5.41) is 0. The van der Waals surface area contributed by atoms with Crippen molar-refractivity contribution in [2.24, 2.45) is 0 Å². The van der Waals surface area contributed by atoms with Crippen LogP contribution < -0.4 is 4.74 Å². The fourth-order valence-electron chi connectivity index (χ4n) is 2.79. The molecule has 2 heterocycles. The molecule has 2 aliphatic rings. The molecule has 4 heteroatoms. The van der Waals surface area contributed by atoms with Crippen LogP contribution in [-0.4, -0.2) is 43.2 Å². The zero-order valence-corrected chi connectivity index (χ0v) is 11.7. The third-order valence-electron chi connectivity index (χ3n) is 3.93. The third-order valence-corrected chi connectivity index (χ3v) is 3.93. The van der Waals surface area contributed by atoms with E-state index in [0.29, 0.717) is 6.61 Å². The lowest BCUT2D eigenvalue weighted by molar-refractivity contribution is 0.0678. The van der Waals surface area contributed by atoms with Crippen molar-refractivity contribution in [3.63, 3.8) is 0 Å². The number of nitrogens with zero attached hydrogens (tertiary/aromatic N) is 1. The molecule has 3 rings (SSSR count). The summed E-state index contributed by atoms with van der Waals surface area (Å²) >= 11 is 0. The van der Waals surface area contributed by atoms with Crippen LogP contribution in [0.5, 0.6) is 5.75 Å². The molecule has 4 nitrogen and oxygen atoms in total. The molecular formula is C16H21NO3. The molecule has 0 aliphatic carbocycles. The monoisotopic (exact) mass is 275 g/mol. The van der Waals surface area contributed by atoms with Gasteiger partial charge in [-0.25, -0.2) is 0 Å². The number of ether oxygens (including phenoxy) is 2. The van der Waals surface area contributed by atoms with Gasteiger partial charge in [0.25, 0.3) is 5.91 Å². The van der Waals surface area contributed by atoms with E-state index < -0.39 is 0 Å². The number of hydrogen-bond acceptors (Lipinski definition) is 3. The number of carbonyl (C=O) groups is 1. The first-order valence-electron chi connectivity index (χ1n) is 7.47. The molecule has 1 atom stereocenters. The number of amides is 1. The van der Waals surface area contributed by atoms with Crippen LogP contribution in [0, 0.1) is 0 Å². The van der Waals surface area contributed by atoms with E-state index in [9.17, 15) is 4.79 Å². The van der Waals surface area contributed by atoms with Crippen molar-refractivity contribution in [1.82, 2.24) is 4.90 Å². The van der Waals surface area contributed by atoms with Gasteiger partial charge in [-0.3, -0.25) is 4.79 Å². The predicted molar refractivity (Wildman–Crippen MR) is 76.0 cm³/mol. The van der Waals surface area contributed by atoms with Crippen LogP contribution in [0.3, 0.4) is 0 Å². The summed E-state index contributed by atoms with van der Waals surface area (Å²) in [7, 11) is 0. The fourth-order valence-corrected chi connectivity index (χ4v) is 2.79. The van der Waals surface area contributed by atoms with E-state index in [1.54, 1.807) is 0 Å². The maximum Gasteiger partial charge on any atom is 0.253 e. The fraction of sp³-hybridized carbons (Fsp3) is 0.562. The minimum atomic E-state index is 0.116. The molecule has 1 aromatic rings. The van der Waals surface area contributed by atoms with E-state index in [1.807, 2.05) is 29.2 Å². The molecule has 0 spiro atoms. The molecule has 0 aromatic heterocycles. The van der Waals surface area contributed by atoms with Crippen molar-refractivity contribution in [2.45, 2.75) is 31.8 Å². The molecule has 0 N–H and O–H groups in total. The maximum atomic E-state index is 12.3. The summed E-state index contributed by atoms with van der Waals surface area (Å²) in [6.45, 7) is 3.16. The third kappa shape index (κ3) is 3.12. The van der Waals surface area contributed by atoms with Gasteiger partial charge in [-0.2, -0.15) is 0 Å². The highest BCUT2D eigenvalue weighted by molar-refractivity contribution is 5.94. The highest BCUT2D eigenvalue weighted by atomic mass is 16.5. The largest absolute Gasteiger partial charge is 0.491 e. The molecule has 1 amide bonds. The smallest absolute Gasteiger partial charge is 0.253 e. The van der Waals surface area contributed by atoms with Gasteiger partial charge in [-0.05, 0) is 43.9 Å². The molecule has 20 heavy (non-hydrogen) atoms. The minimum absolute atomic E-state index is 0.116. The lowest BCUT2D eigenvalue weighted by Gasteiger charge is -2.16. The van der Waals surface area contributed by atoms with Gasteiger partial charge < -0.3 is 14.4 Å². The summed E-state index contributed by atoms with van der Waals surface area (Å²) in [5.41, 5.74) is 0.719. The average molecular weight is 275 g/mol. The highest BCUT2D eigenvalue weighted by Crippen LogP contribution is 2.19. The standard InChI is InChI=1S/C16H21NO3/c18-16(17-8-1-2-9-17)13-5-3-6-14(11-13)20-12-15-7-4-10-19-15/h3,5-6,11,15H,1-2,4,7-10,12H2. The molecule has 108 valence electrons. The van der Waals surface area contributed by atoms with Crippen molar-refractivity contribution in [3.05, 3.63) is 29.8 Å². The Labute approximate surface area is 119 Å². The molecule has 2 aliphatic heterocycles. The van der Waals surface area contributed by atoms with E-state index in [2.05, 4.69) is 0 Å². The Balaban J connectivity index is 1.61. The quantitative estimate of drug-likeness (QED) is 0.847. The van der Waals surface area contributed by atoms with E-state index >= 15 is 0 Å². The van der Waals surface area contributed by atoms with Crippen LogP contribution in [0.1, 0.15) is 36.0 Å². The molecule has 0 bridgehead atoms. The van der Waals surface area contributed by atoms with Crippen LogP contribution >= 0.6 is 0 Å².